The number of carbonyl (C=O) groups excluding carboxylic acids is 1. The van der Waals surface area contributed by atoms with Crippen molar-refractivity contribution in [3.05, 3.63) is 24.0 Å². The molecule has 7 nitrogen and oxygen atoms in total. The van der Waals surface area contributed by atoms with Crippen LogP contribution in [-0.4, -0.2) is 43.5 Å². The Balaban J connectivity index is 2.07. The lowest BCUT2D eigenvalue weighted by Crippen LogP contribution is -2.28. The number of nitrogens with one attached hydrogen (secondary N) is 2. The zero-order chi connectivity index (χ0) is 14.5. The Morgan fingerprint density at radius 1 is 1.50 bits per heavy atom. The average molecular weight is 284 g/mol. The molecule has 1 aromatic carbocycles. The maximum absolute atomic E-state index is 13.9. The van der Waals surface area contributed by atoms with Crippen LogP contribution in [0.4, 0.5) is 20.6 Å². The lowest BCUT2D eigenvalue weighted by Gasteiger charge is -2.14. The van der Waals surface area contributed by atoms with E-state index in [0.717, 1.165) is 0 Å². The number of aliphatic hydroxyl groups excluding tert-OH is 1. The van der Waals surface area contributed by atoms with Gasteiger partial charge in [-0.1, -0.05) is 0 Å². The number of carbonyl (C=O) groups is 1. The van der Waals surface area contributed by atoms with Crippen molar-refractivity contribution in [2.45, 2.75) is 6.10 Å². The van der Waals surface area contributed by atoms with Gasteiger partial charge in [0.25, 0.3) is 0 Å². The smallest absolute Gasteiger partial charge is 0.414 e. The van der Waals surface area contributed by atoms with Crippen molar-refractivity contribution >= 4 is 17.5 Å². The number of cyclic esters (lactones) is 1. The van der Waals surface area contributed by atoms with E-state index in [0.29, 0.717) is 24.5 Å². The van der Waals surface area contributed by atoms with Crippen molar-refractivity contribution in [1.29, 1.82) is 0 Å². The monoisotopic (exact) mass is 284 g/mol. The van der Waals surface area contributed by atoms with E-state index in [-0.39, 0.29) is 13.2 Å². The van der Waals surface area contributed by atoms with Gasteiger partial charge in [0.05, 0.1) is 24.5 Å². The predicted molar refractivity (Wildman–Crippen MR) is 71.8 cm³/mol. The minimum atomic E-state index is -0.587. The second kappa shape index (κ2) is 6.51. The van der Waals surface area contributed by atoms with Crippen LogP contribution >= 0.6 is 0 Å². The number of hydrazine groups is 1. The molecule has 1 atom stereocenters. The van der Waals surface area contributed by atoms with Crippen LogP contribution in [0.15, 0.2) is 18.2 Å². The molecule has 1 heterocycles. The molecule has 0 spiro atoms. The van der Waals surface area contributed by atoms with Crippen LogP contribution in [0.1, 0.15) is 0 Å². The van der Waals surface area contributed by atoms with Crippen molar-refractivity contribution in [1.82, 2.24) is 5.43 Å². The normalized spacial score (nSPS) is 18.2. The number of rotatable bonds is 6. The summed E-state index contributed by atoms with van der Waals surface area (Å²) in [5.41, 5.74) is 3.18. The predicted octanol–water partition coefficient (Wildman–Crippen LogP) is 0.0184. The number of anilines is 2. The zero-order valence-electron chi connectivity index (χ0n) is 10.8. The highest BCUT2D eigenvalue weighted by atomic mass is 19.1. The van der Waals surface area contributed by atoms with Crippen molar-refractivity contribution < 1.29 is 19.0 Å². The number of benzene rings is 1. The number of aliphatic hydroxyl groups is 1. The summed E-state index contributed by atoms with van der Waals surface area (Å²) >= 11 is 0. The average Bonchev–Trinajstić information content (AvgIpc) is 2.82. The van der Waals surface area contributed by atoms with Crippen molar-refractivity contribution in [2.75, 3.05) is 36.5 Å². The van der Waals surface area contributed by atoms with E-state index in [1.807, 2.05) is 0 Å². The summed E-state index contributed by atoms with van der Waals surface area (Å²) in [6, 6.07) is 4.41. The van der Waals surface area contributed by atoms with Gasteiger partial charge in [0, 0.05) is 13.1 Å². The van der Waals surface area contributed by atoms with Crippen LogP contribution < -0.4 is 21.5 Å². The minimum absolute atomic E-state index is 0.207. The molecule has 0 aromatic heterocycles. The SMILES string of the molecule is NNCCNc1ccc(N2C[C@H](CO)OC2=O)cc1F. The third-order valence-electron chi connectivity index (χ3n) is 2.93. The zero-order valence-corrected chi connectivity index (χ0v) is 10.8. The fourth-order valence-corrected chi connectivity index (χ4v) is 1.91. The molecule has 1 aromatic rings. The van der Waals surface area contributed by atoms with E-state index in [2.05, 4.69) is 10.7 Å². The summed E-state index contributed by atoms with van der Waals surface area (Å²) in [4.78, 5) is 12.9. The lowest BCUT2D eigenvalue weighted by atomic mass is 10.2. The molecule has 1 saturated heterocycles. The van der Waals surface area contributed by atoms with Gasteiger partial charge in [-0.25, -0.2) is 9.18 Å². The van der Waals surface area contributed by atoms with Crippen LogP contribution in [0.5, 0.6) is 0 Å². The molecular formula is C12H17FN4O3. The number of nitrogens with two attached hydrogens (primary N) is 1. The Labute approximate surface area is 115 Å². The standard InChI is InChI=1S/C12H17FN4O3/c13-10-5-8(1-2-11(10)15-3-4-16-14)17-6-9(7-18)20-12(17)19/h1-2,5,9,15-16,18H,3-4,6-7,14H2/t9-/m1/s1. The minimum Gasteiger partial charge on any atom is -0.441 e. The molecule has 2 rings (SSSR count). The van der Waals surface area contributed by atoms with E-state index < -0.39 is 18.0 Å². The first-order chi connectivity index (χ1) is 9.65. The molecular weight excluding hydrogens is 267 g/mol. The van der Waals surface area contributed by atoms with Gasteiger partial charge in [-0.2, -0.15) is 0 Å². The summed E-state index contributed by atoms with van der Waals surface area (Å²) in [5, 5.41) is 11.8. The first-order valence-electron chi connectivity index (χ1n) is 6.21. The molecule has 0 bridgehead atoms. The molecule has 110 valence electrons. The van der Waals surface area contributed by atoms with Crippen molar-refractivity contribution in [3.63, 3.8) is 0 Å². The summed E-state index contributed by atoms with van der Waals surface area (Å²) in [6.45, 7) is 0.929. The van der Waals surface area contributed by atoms with Gasteiger partial charge in [0.1, 0.15) is 11.9 Å². The van der Waals surface area contributed by atoms with E-state index >= 15 is 0 Å². The van der Waals surface area contributed by atoms with Gasteiger partial charge >= 0.3 is 6.09 Å². The fourth-order valence-electron chi connectivity index (χ4n) is 1.91. The van der Waals surface area contributed by atoms with Crippen LogP contribution in [0.2, 0.25) is 0 Å². The number of amides is 1. The summed E-state index contributed by atoms with van der Waals surface area (Å²) in [7, 11) is 0. The number of hydrogen-bond acceptors (Lipinski definition) is 6. The Hall–Kier alpha value is -1.90. The molecule has 1 aliphatic rings. The van der Waals surface area contributed by atoms with Gasteiger partial charge in [-0.15, -0.1) is 0 Å². The quantitative estimate of drug-likeness (QED) is 0.334. The lowest BCUT2D eigenvalue weighted by molar-refractivity contribution is 0.0963. The second-order valence-electron chi connectivity index (χ2n) is 4.34. The van der Waals surface area contributed by atoms with Gasteiger partial charge < -0.3 is 15.2 Å². The fraction of sp³-hybridized carbons (Fsp3) is 0.417. The third-order valence-corrected chi connectivity index (χ3v) is 2.93. The first kappa shape index (κ1) is 14.5. The van der Waals surface area contributed by atoms with E-state index in [4.69, 9.17) is 15.7 Å². The van der Waals surface area contributed by atoms with E-state index in [1.165, 1.54) is 11.0 Å². The van der Waals surface area contributed by atoms with Crippen LogP contribution in [0, 0.1) is 5.82 Å². The molecule has 0 saturated carbocycles. The highest BCUT2D eigenvalue weighted by molar-refractivity contribution is 5.90. The molecule has 1 aliphatic heterocycles. The highest BCUT2D eigenvalue weighted by Crippen LogP contribution is 2.25. The van der Waals surface area contributed by atoms with Crippen LogP contribution in [0.3, 0.4) is 0 Å². The molecule has 5 N–H and O–H groups in total. The summed E-state index contributed by atoms with van der Waals surface area (Å²) < 4.78 is 18.8. The van der Waals surface area contributed by atoms with Crippen molar-refractivity contribution in [3.8, 4) is 0 Å². The number of halogens is 1. The maximum Gasteiger partial charge on any atom is 0.414 e. The molecule has 1 amide bonds. The second-order valence-corrected chi connectivity index (χ2v) is 4.34. The molecule has 0 unspecified atom stereocenters. The van der Waals surface area contributed by atoms with Gasteiger partial charge in [-0.05, 0) is 18.2 Å². The van der Waals surface area contributed by atoms with Crippen LogP contribution in [-0.2, 0) is 4.74 Å². The Kier molecular flexibility index (Phi) is 4.72. The molecule has 8 heteroatoms. The molecule has 0 radical (unpaired) electrons. The number of hydrogen-bond donors (Lipinski definition) is 4. The number of ether oxygens (including phenoxy) is 1. The third kappa shape index (κ3) is 3.16. The number of nitrogens with zero attached hydrogens (tertiary/aromatic N) is 1. The van der Waals surface area contributed by atoms with Gasteiger partial charge in [0.2, 0.25) is 0 Å². The van der Waals surface area contributed by atoms with Crippen molar-refractivity contribution in [2.24, 2.45) is 5.84 Å². The topological polar surface area (TPSA) is 99.8 Å². The van der Waals surface area contributed by atoms with Gasteiger partial charge in [0.15, 0.2) is 0 Å². The van der Waals surface area contributed by atoms with Gasteiger partial charge in [-0.3, -0.25) is 16.2 Å². The Morgan fingerprint density at radius 2 is 2.30 bits per heavy atom. The molecule has 20 heavy (non-hydrogen) atoms. The molecule has 1 fully saturated rings. The Morgan fingerprint density at radius 3 is 2.90 bits per heavy atom. The summed E-state index contributed by atoms with van der Waals surface area (Å²) in [5.74, 6) is 4.64. The van der Waals surface area contributed by atoms with E-state index in [9.17, 15) is 9.18 Å². The highest BCUT2D eigenvalue weighted by Gasteiger charge is 2.32. The molecule has 0 aliphatic carbocycles. The Bertz CT molecular complexity index is 486. The summed E-state index contributed by atoms with van der Waals surface area (Å²) in [6.07, 6.45) is -1.16. The van der Waals surface area contributed by atoms with Crippen LogP contribution in [0.25, 0.3) is 0 Å². The van der Waals surface area contributed by atoms with E-state index in [1.54, 1.807) is 12.1 Å². The largest absolute Gasteiger partial charge is 0.441 e. The maximum atomic E-state index is 13.9. The first-order valence-corrected chi connectivity index (χ1v) is 6.21.